The summed E-state index contributed by atoms with van der Waals surface area (Å²) < 4.78 is 0. The highest BCUT2D eigenvalue weighted by Gasteiger charge is 2.27. The molecule has 4 heteroatoms. The molecule has 1 heterocycles. The van der Waals surface area contributed by atoms with Gasteiger partial charge in [-0.1, -0.05) is 0 Å². The van der Waals surface area contributed by atoms with Crippen LogP contribution in [-0.2, 0) is 6.54 Å². The van der Waals surface area contributed by atoms with Gasteiger partial charge in [-0.2, -0.15) is 0 Å². The Kier molecular flexibility index (Phi) is 3.97. The van der Waals surface area contributed by atoms with E-state index in [9.17, 15) is 5.11 Å². The Morgan fingerprint density at radius 1 is 1.53 bits per heavy atom. The number of hydrogen-bond acceptors (Lipinski definition) is 4. The maximum atomic E-state index is 9.25. The lowest BCUT2D eigenvalue weighted by Crippen LogP contribution is -2.36. The van der Waals surface area contributed by atoms with Gasteiger partial charge >= 0.3 is 0 Å². The zero-order valence-corrected chi connectivity index (χ0v) is 10.6. The number of aromatic nitrogens is 1. The molecular weight excluding hydrogens is 214 g/mol. The molecule has 0 radical (unpaired) electrons. The molecule has 1 aliphatic rings. The van der Waals surface area contributed by atoms with E-state index in [0.29, 0.717) is 5.92 Å². The smallest absolute Gasteiger partial charge is 0.125 e. The summed E-state index contributed by atoms with van der Waals surface area (Å²) in [5.74, 6) is 1.58. The summed E-state index contributed by atoms with van der Waals surface area (Å²) in [5, 5.41) is 12.3. The fourth-order valence-corrected chi connectivity index (χ4v) is 2.38. The van der Waals surface area contributed by atoms with E-state index in [2.05, 4.69) is 28.3 Å². The lowest BCUT2D eigenvalue weighted by Gasteiger charge is -2.34. The zero-order chi connectivity index (χ0) is 12.3. The molecule has 0 unspecified atom stereocenters. The summed E-state index contributed by atoms with van der Waals surface area (Å²) in [7, 11) is 4.01. The third-order valence-electron chi connectivity index (χ3n) is 3.31. The summed E-state index contributed by atoms with van der Waals surface area (Å²) in [5.41, 5.74) is 1.27. The molecule has 0 atom stereocenters. The molecule has 0 saturated heterocycles. The van der Waals surface area contributed by atoms with E-state index in [-0.39, 0.29) is 6.10 Å². The van der Waals surface area contributed by atoms with E-state index in [1.54, 1.807) is 0 Å². The number of nitrogens with one attached hydrogen (secondary N) is 1. The van der Waals surface area contributed by atoms with Crippen LogP contribution in [0.15, 0.2) is 18.3 Å². The van der Waals surface area contributed by atoms with Crippen LogP contribution in [0.4, 0.5) is 5.82 Å². The first-order valence-electron chi connectivity index (χ1n) is 6.16. The van der Waals surface area contributed by atoms with Gasteiger partial charge in [-0.05, 0) is 43.5 Å². The van der Waals surface area contributed by atoms with Gasteiger partial charge in [0.2, 0.25) is 0 Å². The second-order valence-electron chi connectivity index (χ2n) is 4.99. The maximum absolute atomic E-state index is 9.25. The Bertz CT molecular complexity index is 363. The molecule has 2 rings (SSSR count). The highest BCUT2D eigenvalue weighted by molar-refractivity contribution is 5.36. The van der Waals surface area contributed by atoms with Gasteiger partial charge in [0, 0.05) is 26.3 Å². The van der Waals surface area contributed by atoms with Crippen molar-refractivity contribution in [3.05, 3.63) is 23.9 Å². The Morgan fingerprint density at radius 2 is 2.29 bits per heavy atom. The first-order chi connectivity index (χ1) is 8.17. The Balaban J connectivity index is 1.82. The summed E-state index contributed by atoms with van der Waals surface area (Å²) in [6.45, 7) is 2.00. The molecule has 1 saturated carbocycles. The van der Waals surface area contributed by atoms with E-state index in [1.807, 2.05) is 19.3 Å². The summed E-state index contributed by atoms with van der Waals surface area (Å²) in [4.78, 5) is 6.51. The van der Waals surface area contributed by atoms with Crippen LogP contribution < -0.4 is 5.32 Å². The molecule has 0 amide bonds. The van der Waals surface area contributed by atoms with E-state index in [1.165, 1.54) is 5.56 Å². The van der Waals surface area contributed by atoms with Gasteiger partial charge in [-0.25, -0.2) is 4.98 Å². The minimum atomic E-state index is -0.0507. The quantitative estimate of drug-likeness (QED) is 0.808. The third-order valence-corrected chi connectivity index (χ3v) is 3.31. The van der Waals surface area contributed by atoms with E-state index in [0.717, 1.165) is 31.7 Å². The molecule has 0 bridgehead atoms. The SMILES string of the molecule is CNc1cc(CN(C)CC2CC(O)C2)ccn1. The van der Waals surface area contributed by atoms with Gasteiger partial charge in [0.25, 0.3) is 0 Å². The van der Waals surface area contributed by atoms with Crippen molar-refractivity contribution in [2.24, 2.45) is 5.92 Å². The molecular formula is C13H21N3O. The number of aliphatic hydroxyl groups is 1. The third kappa shape index (κ3) is 3.41. The van der Waals surface area contributed by atoms with Crippen molar-refractivity contribution in [1.29, 1.82) is 0 Å². The lowest BCUT2D eigenvalue weighted by atomic mass is 9.82. The monoisotopic (exact) mass is 235 g/mol. The Morgan fingerprint density at radius 3 is 2.94 bits per heavy atom. The normalized spacial score (nSPS) is 23.5. The molecule has 1 fully saturated rings. The fourth-order valence-electron chi connectivity index (χ4n) is 2.38. The van der Waals surface area contributed by atoms with Crippen LogP contribution in [-0.4, -0.2) is 41.7 Å². The van der Waals surface area contributed by atoms with Gasteiger partial charge < -0.3 is 15.3 Å². The minimum absolute atomic E-state index is 0.0507. The number of aliphatic hydroxyl groups excluding tert-OH is 1. The zero-order valence-electron chi connectivity index (χ0n) is 10.6. The first-order valence-corrected chi connectivity index (χ1v) is 6.16. The molecule has 0 aromatic carbocycles. The van der Waals surface area contributed by atoms with Crippen molar-refractivity contribution >= 4 is 5.82 Å². The minimum Gasteiger partial charge on any atom is -0.393 e. The number of rotatable bonds is 5. The highest BCUT2D eigenvalue weighted by atomic mass is 16.3. The average Bonchev–Trinajstić information content (AvgIpc) is 2.27. The number of anilines is 1. The van der Waals surface area contributed by atoms with Crippen molar-refractivity contribution in [2.45, 2.75) is 25.5 Å². The molecule has 0 aliphatic heterocycles. The van der Waals surface area contributed by atoms with Gasteiger partial charge in [-0.3, -0.25) is 0 Å². The molecule has 4 nitrogen and oxygen atoms in total. The summed E-state index contributed by atoms with van der Waals surface area (Å²) in [6.07, 6.45) is 3.71. The molecule has 2 N–H and O–H groups in total. The highest BCUT2D eigenvalue weighted by Crippen LogP contribution is 2.27. The van der Waals surface area contributed by atoms with Crippen LogP contribution in [0, 0.1) is 5.92 Å². The Hall–Kier alpha value is -1.13. The van der Waals surface area contributed by atoms with E-state index < -0.39 is 0 Å². The van der Waals surface area contributed by atoms with Crippen molar-refractivity contribution in [2.75, 3.05) is 26.0 Å². The maximum Gasteiger partial charge on any atom is 0.125 e. The van der Waals surface area contributed by atoms with Crippen LogP contribution in [0.25, 0.3) is 0 Å². The molecule has 0 spiro atoms. The predicted octanol–water partition coefficient (Wildman–Crippen LogP) is 1.33. The number of pyridine rings is 1. The molecule has 1 aliphatic carbocycles. The van der Waals surface area contributed by atoms with Crippen LogP contribution in [0.5, 0.6) is 0 Å². The van der Waals surface area contributed by atoms with Crippen LogP contribution >= 0.6 is 0 Å². The lowest BCUT2D eigenvalue weighted by molar-refractivity contribution is 0.0274. The van der Waals surface area contributed by atoms with Gasteiger partial charge in [-0.15, -0.1) is 0 Å². The van der Waals surface area contributed by atoms with E-state index >= 15 is 0 Å². The standard InChI is InChI=1S/C13H21N3O/c1-14-13-7-10(3-4-15-13)8-16(2)9-11-5-12(17)6-11/h3-4,7,11-12,17H,5-6,8-9H2,1-2H3,(H,14,15). The van der Waals surface area contributed by atoms with Crippen LogP contribution in [0.1, 0.15) is 18.4 Å². The van der Waals surface area contributed by atoms with Crippen molar-refractivity contribution in [1.82, 2.24) is 9.88 Å². The number of nitrogens with zero attached hydrogens (tertiary/aromatic N) is 2. The van der Waals surface area contributed by atoms with Crippen LogP contribution in [0.3, 0.4) is 0 Å². The Labute approximate surface area is 103 Å². The van der Waals surface area contributed by atoms with E-state index in [4.69, 9.17) is 0 Å². The summed E-state index contributed by atoms with van der Waals surface area (Å²) in [6, 6.07) is 4.12. The van der Waals surface area contributed by atoms with Gasteiger partial charge in [0.15, 0.2) is 0 Å². The van der Waals surface area contributed by atoms with Gasteiger partial charge in [0.05, 0.1) is 6.10 Å². The molecule has 94 valence electrons. The van der Waals surface area contributed by atoms with Crippen molar-refractivity contribution in [3.8, 4) is 0 Å². The second kappa shape index (κ2) is 5.47. The first kappa shape index (κ1) is 12.3. The summed E-state index contributed by atoms with van der Waals surface area (Å²) >= 11 is 0. The molecule has 1 aromatic rings. The average molecular weight is 235 g/mol. The van der Waals surface area contributed by atoms with Crippen LogP contribution in [0.2, 0.25) is 0 Å². The number of hydrogen-bond donors (Lipinski definition) is 2. The molecule has 1 aromatic heterocycles. The van der Waals surface area contributed by atoms with Gasteiger partial charge in [0.1, 0.15) is 5.82 Å². The van der Waals surface area contributed by atoms with Crippen molar-refractivity contribution < 1.29 is 5.11 Å². The second-order valence-corrected chi connectivity index (χ2v) is 4.99. The predicted molar refractivity (Wildman–Crippen MR) is 68.8 cm³/mol. The largest absolute Gasteiger partial charge is 0.393 e. The fraction of sp³-hybridized carbons (Fsp3) is 0.615. The molecule has 17 heavy (non-hydrogen) atoms. The topological polar surface area (TPSA) is 48.4 Å². The van der Waals surface area contributed by atoms with Crippen molar-refractivity contribution in [3.63, 3.8) is 0 Å².